The standard InChI is InChI=1S/C18H27N5OS/c1-2-6-17-21-15(14-25-17)13-19-18(24)23-11-4-3-7-16(23)8-12-22-10-5-9-20-22/h5,9-10,14,16H,2-4,6-8,11-13H2,1H3,(H,19,24). The summed E-state index contributed by atoms with van der Waals surface area (Å²) in [7, 11) is 0. The average Bonchev–Trinajstić information content (AvgIpc) is 3.30. The van der Waals surface area contributed by atoms with Crippen LogP contribution in [0.25, 0.3) is 0 Å². The molecule has 3 rings (SSSR count). The van der Waals surface area contributed by atoms with Gasteiger partial charge in [-0.1, -0.05) is 6.92 Å². The number of amides is 2. The molecule has 0 aliphatic carbocycles. The van der Waals surface area contributed by atoms with Gasteiger partial charge >= 0.3 is 6.03 Å². The predicted molar refractivity (Wildman–Crippen MR) is 99.5 cm³/mol. The van der Waals surface area contributed by atoms with Gasteiger partial charge in [0.15, 0.2) is 0 Å². The normalized spacial score (nSPS) is 17.6. The molecule has 2 amide bonds. The smallest absolute Gasteiger partial charge is 0.317 e. The van der Waals surface area contributed by atoms with Crippen LogP contribution in [0.1, 0.15) is 49.7 Å². The van der Waals surface area contributed by atoms with Gasteiger partial charge in [0, 0.05) is 36.9 Å². The second-order valence-corrected chi connectivity index (χ2v) is 7.48. The third kappa shape index (κ3) is 5.04. The second kappa shape index (κ2) is 8.99. The first-order chi connectivity index (χ1) is 12.3. The largest absolute Gasteiger partial charge is 0.332 e. The number of thiazole rings is 1. The lowest BCUT2D eigenvalue weighted by atomic mass is 10.00. The summed E-state index contributed by atoms with van der Waals surface area (Å²) in [6.45, 7) is 4.37. The van der Waals surface area contributed by atoms with E-state index in [0.29, 0.717) is 12.6 Å². The Labute approximate surface area is 153 Å². The lowest BCUT2D eigenvalue weighted by Crippen LogP contribution is -2.48. The van der Waals surface area contributed by atoms with Crippen molar-refractivity contribution in [3.8, 4) is 0 Å². The molecule has 1 unspecified atom stereocenters. The molecule has 1 aliphatic heterocycles. The molecular formula is C18H27N5OS. The third-order valence-electron chi connectivity index (χ3n) is 4.62. The van der Waals surface area contributed by atoms with Crippen molar-refractivity contribution in [3.63, 3.8) is 0 Å². The number of rotatable bonds is 7. The minimum atomic E-state index is 0.0372. The minimum Gasteiger partial charge on any atom is -0.332 e. The quantitative estimate of drug-likeness (QED) is 0.821. The van der Waals surface area contributed by atoms with E-state index in [-0.39, 0.29) is 6.03 Å². The molecule has 0 aromatic carbocycles. The van der Waals surface area contributed by atoms with Crippen molar-refractivity contribution in [2.45, 2.75) is 64.6 Å². The fourth-order valence-corrected chi connectivity index (χ4v) is 4.21. The van der Waals surface area contributed by atoms with Crippen LogP contribution in [-0.4, -0.2) is 38.3 Å². The van der Waals surface area contributed by atoms with Gasteiger partial charge in [0.05, 0.1) is 17.2 Å². The maximum atomic E-state index is 12.6. The van der Waals surface area contributed by atoms with E-state index in [0.717, 1.165) is 55.9 Å². The van der Waals surface area contributed by atoms with Crippen LogP contribution in [0, 0.1) is 0 Å². The van der Waals surface area contributed by atoms with Gasteiger partial charge in [0.2, 0.25) is 0 Å². The number of carbonyl (C=O) groups excluding carboxylic acids is 1. The van der Waals surface area contributed by atoms with E-state index in [9.17, 15) is 4.79 Å². The van der Waals surface area contributed by atoms with E-state index in [4.69, 9.17) is 0 Å². The number of hydrogen-bond donors (Lipinski definition) is 1. The Bertz CT molecular complexity index is 654. The second-order valence-electron chi connectivity index (χ2n) is 6.54. The molecule has 3 heterocycles. The summed E-state index contributed by atoms with van der Waals surface area (Å²) < 4.78 is 1.94. The molecule has 1 saturated heterocycles. The van der Waals surface area contributed by atoms with Crippen LogP contribution in [-0.2, 0) is 19.5 Å². The summed E-state index contributed by atoms with van der Waals surface area (Å²) >= 11 is 1.68. The van der Waals surface area contributed by atoms with Crippen LogP contribution in [0.3, 0.4) is 0 Å². The predicted octanol–water partition coefficient (Wildman–Crippen LogP) is 3.45. The number of urea groups is 1. The van der Waals surface area contributed by atoms with E-state index in [1.807, 2.05) is 21.8 Å². The van der Waals surface area contributed by atoms with Gasteiger partial charge in [0.25, 0.3) is 0 Å². The number of nitrogens with zero attached hydrogens (tertiary/aromatic N) is 4. The molecule has 1 fully saturated rings. The highest BCUT2D eigenvalue weighted by molar-refractivity contribution is 7.09. The topological polar surface area (TPSA) is 63.1 Å². The van der Waals surface area contributed by atoms with Crippen LogP contribution < -0.4 is 5.32 Å². The lowest BCUT2D eigenvalue weighted by Gasteiger charge is -2.35. The van der Waals surface area contributed by atoms with Crippen molar-refractivity contribution in [1.82, 2.24) is 25.0 Å². The van der Waals surface area contributed by atoms with E-state index in [2.05, 4.69) is 27.7 Å². The molecule has 1 aliphatic rings. The zero-order chi connectivity index (χ0) is 17.5. The average molecular weight is 362 g/mol. The Balaban J connectivity index is 1.50. The molecule has 0 bridgehead atoms. The Morgan fingerprint density at radius 3 is 3.16 bits per heavy atom. The monoisotopic (exact) mass is 361 g/mol. The number of hydrogen-bond acceptors (Lipinski definition) is 4. The van der Waals surface area contributed by atoms with Gasteiger partial charge in [-0.05, 0) is 44.6 Å². The zero-order valence-electron chi connectivity index (χ0n) is 14.9. The SMILES string of the molecule is CCCc1nc(CNC(=O)N2CCCCC2CCn2cccn2)cs1. The highest BCUT2D eigenvalue weighted by atomic mass is 32.1. The molecule has 2 aromatic rings. The van der Waals surface area contributed by atoms with E-state index in [1.54, 1.807) is 17.5 Å². The lowest BCUT2D eigenvalue weighted by molar-refractivity contribution is 0.143. The first kappa shape index (κ1) is 17.9. The van der Waals surface area contributed by atoms with Gasteiger partial charge in [-0.2, -0.15) is 5.10 Å². The van der Waals surface area contributed by atoms with Crippen molar-refractivity contribution < 1.29 is 4.79 Å². The number of piperidine rings is 1. The minimum absolute atomic E-state index is 0.0372. The maximum Gasteiger partial charge on any atom is 0.317 e. The highest BCUT2D eigenvalue weighted by Gasteiger charge is 2.26. The summed E-state index contributed by atoms with van der Waals surface area (Å²) in [5.74, 6) is 0. The van der Waals surface area contributed by atoms with Crippen molar-refractivity contribution in [1.29, 1.82) is 0 Å². The molecule has 1 atom stereocenters. The summed E-state index contributed by atoms with van der Waals surface area (Å²) in [4.78, 5) is 19.2. The molecule has 1 N–H and O–H groups in total. The number of aryl methyl sites for hydroxylation is 2. The molecular weight excluding hydrogens is 334 g/mol. The number of aromatic nitrogens is 3. The first-order valence-electron chi connectivity index (χ1n) is 9.21. The number of likely N-dealkylation sites (tertiary alicyclic amines) is 1. The molecule has 25 heavy (non-hydrogen) atoms. The summed E-state index contributed by atoms with van der Waals surface area (Å²) in [5.41, 5.74) is 0.965. The molecule has 0 saturated carbocycles. The zero-order valence-corrected chi connectivity index (χ0v) is 15.7. The Hall–Kier alpha value is -1.89. The molecule has 0 radical (unpaired) electrons. The number of nitrogens with one attached hydrogen (secondary N) is 1. The van der Waals surface area contributed by atoms with Crippen LogP contribution in [0.5, 0.6) is 0 Å². The molecule has 6 nitrogen and oxygen atoms in total. The van der Waals surface area contributed by atoms with E-state index in [1.165, 1.54) is 6.42 Å². The fraction of sp³-hybridized carbons (Fsp3) is 0.611. The molecule has 136 valence electrons. The van der Waals surface area contributed by atoms with Crippen LogP contribution in [0.2, 0.25) is 0 Å². The van der Waals surface area contributed by atoms with Crippen molar-refractivity contribution >= 4 is 17.4 Å². The Kier molecular flexibility index (Phi) is 6.44. The van der Waals surface area contributed by atoms with Gasteiger partial charge in [-0.3, -0.25) is 4.68 Å². The van der Waals surface area contributed by atoms with Crippen molar-refractivity contribution in [2.75, 3.05) is 6.54 Å². The van der Waals surface area contributed by atoms with Crippen molar-refractivity contribution in [3.05, 3.63) is 34.5 Å². The fourth-order valence-electron chi connectivity index (χ4n) is 3.31. The summed E-state index contributed by atoms with van der Waals surface area (Å²) in [6, 6.07) is 2.27. The Morgan fingerprint density at radius 2 is 2.36 bits per heavy atom. The first-order valence-corrected chi connectivity index (χ1v) is 10.1. The van der Waals surface area contributed by atoms with Crippen LogP contribution >= 0.6 is 11.3 Å². The molecule has 0 spiro atoms. The van der Waals surface area contributed by atoms with Gasteiger partial charge in [-0.25, -0.2) is 9.78 Å². The van der Waals surface area contributed by atoms with Gasteiger partial charge in [0.1, 0.15) is 0 Å². The van der Waals surface area contributed by atoms with E-state index < -0.39 is 0 Å². The Morgan fingerprint density at radius 1 is 1.44 bits per heavy atom. The third-order valence-corrected chi connectivity index (χ3v) is 5.58. The summed E-state index contributed by atoms with van der Waals surface area (Å²) in [5, 5.41) is 10.5. The summed E-state index contributed by atoms with van der Waals surface area (Å²) in [6.07, 6.45) is 10.2. The van der Waals surface area contributed by atoms with Crippen LogP contribution in [0.15, 0.2) is 23.8 Å². The number of carbonyl (C=O) groups is 1. The van der Waals surface area contributed by atoms with Gasteiger partial charge < -0.3 is 10.2 Å². The van der Waals surface area contributed by atoms with E-state index >= 15 is 0 Å². The van der Waals surface area contributed by atoms with Crippen molar-refractivity contribution in [2.24, 2.45) is 0 Å². The molecule has 7 heteroatoms. The maximum absolute atomic E-state index is 12.6. The highest BCUT2D eigenvalue weighted by Crippen LogP contribution is 2.20. The van der Waals surface area contributed by atoms with Crippen LogP contribution in [0.4, 0.5) is 4.79 Å². The van der Waals surface area contributed by atoms with Gasteiger partial charge in [-0.15, -0.1) is 11.3 Å². The molecule has 2 aromatic heterocycles.